The number of fused-ring (bicyclic) bond motifs is 2. The maximum Gasteiger partial charge on any atom is 0.271 e. The minimum absolute atomic E-state index is 0.0950. The number of nitrogens with zero attached hydrogens (tertiary/aromatic N) is 3. The largest absolute Gasteiger partial charge is 0.374 e. The van der Waals surface area contributed by atoms with Crippen molar-refractivity contribution >= 4 is 22.2 Å². The Hall–Kier alpha value is -1.73. The molecular formula is C15H17N3O3S. The molecule has 2 atom stereocenters. The van der Waals surface area contributed by atoms with Crippen molar-refractivity contribution in [3.63, 3.8) is 0 Å². The molecule has 0 unspecified atom stereocenters. The van der Waals surface area contributed by atoms with Gasteiger partial charge in [-0.1, -0.05) is 12.8 Å². The van der Waals surface area contributed by atoms with Crippen molar-refractivity contribution < 1.29 is 9.53 Å². The summed E-state index contributed by atoms with van der Waals surface area (Å²) in [5, 5.41) is 1.80. The van der Waals surface area contributed by atoms with Crippen LogP contribution in [0.3, 0.4) is 0 Å². The lowest BCUT2D eigenvalue weighted by molar-refractivity contribution is -0.0753. The van der Waals surface area contributed by atoms with Crippen molar-refractivity contribution in [1.29, 1.82) is 0 Å². The van der Waals surface area contributed by atoms with Gasteiger partial charge in [0.25, 0.3) is 11.5 Å². The van der Waals surface area contributed by atoms with E-state index in [1.165, 1.54) is 21.9 Å². The van der Waals surface area contributed by atoms with E-state index in [-0.39, 0.29) is 29.2 Å². The van der Waals surface area contributed by atoms with E-state index in [1.54, 1.807) is 11.6 Å². The molecule has 0 bridgehead atoms. The topological polar surface area (TPSA) is 63.9 Å². The third-order valence-electron chi connectivity index (χ3n) is 4.57. The summed E-state index contributed by atoms with van der Waals surface area (Å²) in [5.74, 6) is -0.210. The smallest absolute Gasteiger partial charge is 0.271 e. The second-order valence-corrected chi connectivity index (χ2v) is 6.67. The van der Waals surface area contributed by atoms with Crippen molar-refractivity contribution in [2.75, 3.05) is 13.2 Å². The van der Waals surface area contributed by atoms with Crippen LogP contribution >= 0.6 is 11.3 Å². The second kappa shape index (κ2) is 5.48. The number of amides is 1. The molecule has 1 aliphatic heterocycles. The lowest BCUT2D eigenvalue weighted by atomic mass is 9.90. The van der Waals surface area contributed by atoms with Gasteiger partial charge < -0.3 is 9.64 Å². The van der Waals surface area contributed by atoms with Crippen molar-refractivity contribution in [2.24, 2.45) is 0 Å². The molecule has 2 aliphatic rings. The normalized spacial score (nSPS) is 25.2. The lowest BCUT2D eigenvalue weighted by Crippen LogP contribution is -2.55. The monoisotopic (exact) mass is 319 g/mol. The first kappa shape index (κ1) is 13.9. The third kappa shape index (κ3) is 2.16. The van der Waals surface area contributed by atoms with E-state index in [4.69, 9.17) is 4.74 Å². The van der Waals surface area contributed by atoms with Gasteiger partial charge in [-0.05, 0) is 12.8 Å². The Kier molecular flexibility index (Phi) is 3.46. The van der Waals surface area contributed by atoms with E-state index in [0.29, 0.717) is 18.1 Å². The average molecular weight is 319 g/mol. The zero-order valence-corrected chi connectivity index (χ0v) is 12.9. The van der Waals surface area contributed by atoms with Gasteiger partial charge in [0.15, 0.2) is 4.96 Å². The maximum absolute atomic E-state index is 12.9. The SMILES string of the molecule is O=C(c1cnc2sccn2c1=O)N1CCO[C@H]2CCCC[C@H]21. The van der Waals surface area contributed by atoms with Gasteiger partial charge in [0, 0.05) is 24.3 Å². The summed E-state index contributed by atoms with van der Waals surface area (Å²) in [4.78, 5) is 32.0. The molecule has 2 fully saturated rings. The second-order valence-electron chi connectivity index (χ2n) is 5.79. The number of thiazole rings is 1. The van der Waals surface area contributed by atoms with Crippen molar-refractivity contribution in [1.82, 2.24) is 14.3 Å². The molecule has 3 heterocycles. The average Bonchev–Trinajstić information content (AvgIpc) is 3.04. The predicted molar refractivity (Wildman–Crippen MR) is 82.4 cm³/mol. The van der Waals surface area contributed by atoms with Gasteiger partial charge in [-0.3, -0.25) is 14.0 Å². The standard InChI is InChI=1S/C15H17N3O3S/c19-13(10-9-16-15-18(14(10)20)6-8-22-15)17-5-7-21-12-4-2-1-3-11(12)17/h6,8-9,11-12H,1-5,7H2/t11-,12+/m1/s1. The zero-order valence-electron chi connectivity index (χ0n) is 12.1. The van der Waals surface area contributed by atoms with Gasteiger partial charge in [-0.15, -0.1) is 11.3 Å². The Morgan fingerprint density at radius 3 is 3.14 bits per heavy atom. The Labute approximate surface area is 131 Å². The number of carbonyl (C=O) groups is 1. The molecule has 7 heteroatoms. The van der Waals surface area contributed by atoms with E-state index < -0.39 is 0 Å². The number of hydrogen-bond donors (Lipinski definition) is 0. The molecule has 0 spiro atoms. The Balaban J connectivity index is 1.70. The Bertz CT molecular complexity index is 767. The molecule has 22 heavy (non-hydrogen) atoms. The molecule has 4 rings (SSSR count). The van der Waals surface area contributed by atoms with Gasteiger partial charge in [-0.25, -0.2) is 4.98 Å². The molecule has 0 radical (unpaired) electrons. The highest BCUT2D eigenvalue weighted by atomic mass is 32.1. The summed E-state index contributed by atoms with van der Waals surface area (Å²) in [6.45, 7) is 1.09. The summed E-state index contributed by atoms with van der Waals surface area (Å²) < 4.78 is 7.24. The minimum Gasteiger partial charge on any atom is -0.374 e. The van der Waals surface area contributed by atoms with E-state index in [0.717, 1.165) is 25.7 Å². The molecule has 0 aromatic carbocycles. The first-order valence-electron chi connectivity index (χ1n) is 7.63. The molecule has 1 aliphatic carbocycles. The summed E-state index contributed by atoms with van der Waals surface area (Å²) in [6.07, 6.45) is 7.40. The molecule has 116 valence electrons. The van der Waals surface area contributed by atoms with E-state index in [9.17, 15) is 9.59 Å². The van der Waals surface area contributed by atoms with E-state index in [2.05, 4.69) is 4.98 Å². The van der Waals surface area contributed by atoms with E-state index in [1.807, 2.05) is 4.90 Å². The highest BCUT2D eigenvalue weighted by molar-refractivity contribution is 7.15. The first-order chi connectivity index (χ1) is 10.8. The fraction of sp³-hybridized carbons (Fsp3) is 0.533. The molecule has 1 saturated heterocycles. The van der Waals surface area contributed by atoms with Crippen molar-refractivity contribution in [3.8, 4) is 0 Å². The quantitative estimate of drug-likeness (QED) is 0.800. The number of rotatable bonds is 1. The minimum atomic E-state index is -0.282. The summed E-state index contributed by atoms with van der Waals surface area (Å²) in [5.41, 5.74) is -0.128. The molecule has 2 aromatic rings. The van der Waals surface area contributed by atoms with Gasteiger partial charge in [0.1, 0.15) is 5.56 Å². The van der Waals surface area contributed by atoms with Crippen LogP contribution in [0.15, 0.2) is 22.6 Å². The molecule has 6 nitrogen and oxygen atoms in total. The molecular weight excluding hydrogens is 302 g/mol. The summed E-state index contributed by atoms with van der Waals surface area (Å²) in [7, 11) is 0. The van der Waals surface area contributed by atoms with Crippen LogP contribution in [-0.4, -0.2) is 45.5 Å². The highest BCUT2D eigenvalue weighted by Crippen LogP contribution is 2.29. The van der Waals surface area contributed by atoms with Crippen LogP contribution in [0.25, 0.3) is 4.96 Å². The predicted octanol–water partition coefficient (Wildman–Crippen LogP) is 1.54. The van der Waals surface area contributed by atoms with Crippen LogP contribution in [0.1, 0.15) is 36.0 Å². The molecule has 1 saturated carbocycles. The van der Waals surface area contributed by atoms with Gasteiger partial charge >= 0.3 is 0 Å². The highest BCUT2D eigenvalue weighted by Gasteiger charge is 2.37. The van der Waals surface area contributed by atoms with Gasteiger partial charge in [-0.2, -0.15) is 0 Å². The fourth-order valence-electron chi connectivity index (χ4n) is 3.47. The van der Waals surface area contributed by atoms with Crippen LogP contribution in [0.2, 0.25) is 0 Å². The van der Waals surface area contributed by atoms with Crippen LogP contribution in [0.5, 0.6) is 0 Å². The van der Waals surface area contributed by atoms with Crippen LogP contribution in [0, 0.1) is 0 Å². The number of aromatic nitrogens is 2. The number of morpholine rings is 1. The van der Waals surface area contributed by atoms with Crippen LogP contribution in [-0.2, 0) is 4.74 Å². The lowest BCUT2D eigenvalue weighted by Gasteiger charge is -2.43. The fourth-order valence-corrected chi connectivity index (χ4v) is 4.15. The van der Waals surface area contributed by atoms with Gasteiger partial charge in [0.05, 0.1) is 18.8 Å². The maximum atomic E-state index is 12.9. The van der Waals surface area contributed by atoms with E-state index >= 15 is 0 Å². The first-order valence-corrected chi connectivity index (χ1v) is 8.51. The Morgan fingerprint density at radius 2 is 2.23 bits per heavy atom. The van der Waals surface area contributed by atoms with Gasteiger partial charge in [0.2, 0.25) is 0 Å². The molecule has 2 aromatic heterocycles. The van der Waals surface area contributed by atoms with Crippen LogP contribution in [0.4, 0.5) is 0 Å². The van der Waals surface area contributed by atoms with Crippen molar-refractivity contribution in [2.45, 2.75) is 37.8 Å². The number of hydrogen-bond acceptors (Lipinski definition) is 5. The molecule has 1 amide bonds. The van der Waals surface area contributed by atoms with Crippen LogP contribution < -0.4 is 5.56 Å². The summed E-state index contributed by atoms with van der Waals surface area (Å²) in [6, 6.07) is 0.0950. The summed E-state index contributed by atoms with van der Waals surface area (Å²) >= 11 is 1.38. The molecule has 0 N–H and O–H groups in total. The number of carbonyl (C=O) groups excluding carboxylic acids is 1. The third-order valence-corrected chi connectivity index (χ3v) is 5.34. The zero-order chi connectivity index (χ0) is 15.1. The number of ether oxygens (including phenoxy) is 1. The van der Waals surface area contributed by atoms with Crippen molar-refractivity contribution in [3.05, 3.63) is 33.7 Å². The Morgan fingerprint density at radius 1 is 1.36 bits per heavy atom.